The lowest BCUT2D eigenvalue weighted by Gasteiger charge is -2.07. The lowest BCUT2D eigenvalue weighted by molar-refractivity contribution is -0.111. The highest BCUT2D eigenvalue weighted by atomic mass is 16.1. The number of pyridine rings is 2. The van der Waals surface area contributed by atoms with Gasteiger partial charge in [0, 0.05) is 52.6 Å². The van der Waals surface area contributed by atoms with Crippen molar-refractivity contribution < 1.29 is 4.79 Å². The standard InChI is InChI=1S/C21H16N4O/c1-2-20(26)25-17-7-3-5-14(9-17)16-10-18-19(13-24-21(18)23-12-16)15-6-4-8-22-11-15/h2-13H,1H2,(H,23,24)(H,25,26). The number of rotatable bonds is 4. The van der Waals surface area contributed by atoms with Crippen LogP contribution in [0.5, 0.6) is 0 Å². The number of anilines is 1. The van der Waals surface area contributed by atoms with E-state index in [0.717, 1.165) is 33.3 Å². The van der Waals surface area contributed by atoms with E-state index in [0.29, 0.717) is 5.69 Å². The second kappa shape index (κ2) is 6.64. The van der Waals surface area contributed by atoms with Crippen molar-refractivity contribution in [3.8, 4) is 22.3 Å². The smallest absolute Gasteiger partial charge is 0.247 e. The molecule has 0 saturated heterocycles. The van der Waals surface area contributed by atoms with E-state index in [-0.39, 0.29) is 5.91 Å². The van der Waals surface area contributed by atoms with E-state index in [1.54, 1.807) is 6.20 Å². The van der Waals surface area contributed by atoms with Gasteiger partial charge in [-0.25, -0.2) is 4.98 Å². The number of hydrogen-bond acceptors (Lipinski definition) is 3. The zero-order valence-corrected chi connectivity index (χ0v) is 13.9. The van der Waals surface area contributed by atoms with Crippen LogP contribution in [-0.4, -0.2) is 20.9 Å². The molecule has 0 aliphatic carbocycles. The Hall–Kier alpha value is -3.73. The number of aromatic amines is 1. The maximum atomic E-state index is 11.5. The highest BCUT2D eigenvalue weighted by Crippen LogP contribution is 2.31. The molecule has 5 nitrogen and oxygen atoms in total. The van der Waals surface area contributed by atoms with Crippen molar-refractivity contribution in [3.05, 3.63) is 79.9 Å². The fraction of sp³-hybridized carbons (Fsp3) is 0. The minimum atomic E-state index is -0.236. The lowest BCUT2D eigenvalue weighted by atomic mass is 10.0. The Morgan fingerprint density at radius 1 is 1.08 bits per heavy atom. The average molecular weight is 340 g/mol. The first-order chi connectivity index (χ1) is 12.7. The molecule has 4 aromatic rings. The largest absolute Gasteiger partial charge is 0.346 e. The lowest BCUT2D eigenvalue weighted by Crippen LogP contribution is -2.06. The zero-order valence-electron chi connectivity index (χ0n) is 13.9. The molecule has 0 unspecified atom stereocenters. The van der Waals surface area contributed by atoms with Crippen molar-refractivity contribution in [2.45, 2.75) is 0 Å². The third kappa shape index (κ3) is 2.98. The van der Waals surface area contributed by atoms with Crippen molar-refractivity contribution in [2.24, 2.45) is 0 Å². The second-order valence-corrected chi connectivity index (χ2v) is 5.84. The molecule has 0 saturated carbocycles. The molecular formula is C21H16N4O. The first kappa shape index (κ1) is 15.8. The summed E-state index contributed by atoms with van der Waals surface area (Å²) in [6.07, 6.45) is 8.60. The molecule has 0 bridgehead atoms. The normalized spacial score (nSPS) is 10.6. The molecule has 5 heteroatoms. The van der Waals surface area contributed by atoms with Crippen LogP contribution < -0.4 is 5.32 Å². The number of hydrogen-bond donors (Lipinski definition) is 2. The van der Waals surface area contributed by atoms with Crippen molar-refractivity contribution in [1.82, 2.24) is 15.0 Å². The Bertz CT molecular complexity index is 1100. The highest BCUT2D eigenvalue weighted by Gasteiger charge is 2.09. The molecular weight excluding hydrogens is 324 g/mol. The molecule has 1 amide bonds. The number of aromatic nitrogens is 3. The van der Waals surface area contributed by atoms with Crippen LogP contribution in [0, 0.1) is 0 Å². The molecule has 2 N–H and O–H groups in total. The first-order valence-electron chi connectivity index (χ1n) is 8.16. The van der Waals surface area contributed by atoms with Crippen molar-refractivity contribution >= 4 is 22.6 Å². The number of carbonyl (C=O) groups is 1. The SMILES string of the molecule is C=CC(=O)Nc1cccc(-c2cnc3[nH]cc(-c4cccnc4)c3c2)c1. The third-order valence-electron chi connectivity index (χ3n) is 4.15. The van der Waals surface area contributed by atoms with Gasteiger partial charge in [-0.15, -0.1) is 0 Å². The monoisotopic (exact) mass is 340 g/mol. The van der Waals surface area contributed by atoms with Gasteiger partial charge in [0.25, 0.3) is 0 Å². The summed E-state index contributed by atoms with van der Waals surface area (Å²) >= 11 is 0. The van der Waals surface area contributed by atoms with Crippen LogP contribution in [0.3, 0.4) is 0 Å². The molecule has 1 aromatic carbocycles. The summed E-state index contributed by atoms with van der Waals surface area (Å²) in [7, 11) is 0. The van der Waals surface area contributed by atoms with E-state index in [1.165, 1.54) is 6.08 Å². The summed E-state index contributed by atoms with van der Waals surface area (Å²) in [6, 6.07) is 13.7. The molecule has 3 aromatic heterocycles. The summed E-state index contributed by atoms with van der Waals surface area (Å²) in [5.74, 6) is -0.236. The predicted molar refractivity (Wildman–Crippen MR) is 104 cm³/mol. The van der Waals surface area contributed by atoms with Gasteiger partial charge in [-0.05, 0) is 35.9 Å². The Labute approximate surface area is 150 Å². The Balaban J connectivity index is 1.77. The van der Waals surface area contributed by atoms with Gasteiger partial charge in [-0.2, -0.15) is 0 Å². The van der Waals surface area contributed by atoms with E-state index in [2.05, 4.69) is 32.9 Å². The summed E-state index contributed by atoms with van der Waals surface area (Å²) in [6.45, 7) is 3.47. The molecule has 0 aliphatic rings. The number of benzene rings is 1. The van der Waals surface area contributed by atoms with Crippen LogP contribution in [0.2, 0.25) is 0 Å². The van der Waals surface area contributed by atoms with Crippen molar-refractivity contribution in [2.75, 3.05) is 5.32 Å². The summed E-state index contributed by atoms with van der Waals surface area (Å²) < 4.78 is 0. The number of nitrogens with zero attached hydrogens (tertiary/aromatic N) is 2. The number of amides is 1. The van der Waals surface area contributed by atoms with Crippen LogP contribution in [0.4, 0.5) is 5.69 Å². The van der Waals surface area contributed by atoms with Crippen LogP contribution in [0.15, 0.2) is 79.9 Å². The number of H-pyrrole nitrogens is 1. The predicted octanol–water partition coefficient (Wildman–Crippen LogP) is 4.42. The number of fused-ring (bicyclic) bond motifs is 1. The summed E-state index contributed by atoms with van der Waals surface area (Å²) in [4.78, 5) is 23.4. The Morgan fingerprint density at radius 2 is 1.96 bits per heavy atom. The maximum absolute atomic E-state index is 11.5. The van der Waals surface area contributed by atoms with Gasteiger partial charge in [0.2, 0.25) is 5.91 Å². The molecule has 0 fully saturated rings. The average Bonchev–Trinajstić information content (AvgIpc) is 3.12. The van der Waals surface area contributed by atoms with E-state index >= 15 is 0 Å². The Morgan fingerprint density at radius 3 is 2.77 bits per heavy atom. The van der Waals surface area contributed by atoms with Gasteiger partial charge >= 0.3 is 0 Å². The maximum Gasteiger partial charge on any atom is 0.247 e. The van der Waals surface area contributed by atoms with E-state index < -0.39 is 0 Å². The molecule has 0 radical (unpaired) electrons. The van der Waals surface area contributed by atoms with Crippen LogP contribution in [0.25, 0.3) is 33.3 Å². The van der Waals surface area contributed by atoms with Crippen molar-refractivity contribution in [3.63, 3.8) is 0 Å². The molecule has 0 spiro atoms. The van der Waals surface area contributed by atoms with E-state index in [4.69, 9.17) is 0 Å². The van der Waals surface area contributed by atoms with Gasteiger partial charge in [0.1, 0.15) is 5.65 Å². The van der Waals surface area contributed by atoms with Crippen LogP contribution in [0.1, 0.15) is 0 Å². The molecule has 0 aliphatic heterocycles. The third-order valence-corrected chi connectivity index (χ3v) is 4.15. The van der Waals surface area contributed by atoms with Crippen LogP contribution in [-0.2, 0) is 4.79 Å². The zero-order chi connectivity index (χ0) is 17.9. The van der Waals surface area contributed by atoms with Gasteiger partial charge in [0.15, 0.2) is 0 Å². The second-order valence-electron chi connectivity index (χ2n) is 5.84. The quantitative estimate of drug-likeness (QED) is 0.540. The fourth-order valence-electron chi connectivity index (χ4n) is 2.89. The molecule has 3 heterocycles. The van der Waals surface area contributed by atoms with Gasteiger partial charge in [0.05, 0.1) is 0 Å². The Kier molecular flexibility index (Phi) is 4.03. The minimum absolute atomic E-state index is 0.236. The fourth-order valence-corrected chi connectivity index (χ4v) is 2.89. The molecule has 126 valence electrons. The summed E-state index contributed by atoms with van der Waals surface area (Å²) in [5.41, 5.74) is 5.57. The van der Waals surface area contributed by atoms with Gasteiger partial charge in [-0.3, -0.25) is 9.78 Å². The molecule has 0 atom stereocenters. The highest BCUT2D eigenvalue weighted by molar-refractivity contribution is 5.99. The number of carbonyl (C=O) groups excluding carboxylic acids is 1. The molecule has 4 rings (SSSR count). The summed E-state index contributed by atoms with van der Waals surface area (Å²) in [5, 5.41) is 3.80. The van der Waals surface area contributed by atoms with E-state index in [1.807, 2.05) is 55.0 Å². The van der Waals surface area contributed by atoms with Crippen LogP contribution >= 0.6 is 0 Å². The molecule has 26 heavy (non-hydrogen) atoms. The number of nitrogens with one attached hydrogen (secondary N) is 2. The van der Waals surface area contributed by atoms with Crippen molar-refractivity contribution in [1.29, 1.82) is 0 Å². The topological polar surface area (TPSA) is 70.7 Å². The van der Waals surface area contributed by atoms with E-state index in [9.17, 15) is 4.79 Å². The first-order valence-corrected chi connectivity index (χ1v) is 8.16. The van der Waals surface area contributed by atoms with Gasteiger partial charge < -0.3 is 10.3 Å². The minimum Gasteiger partial charge on any atom is -0.346 e. The van der Waals surface area contributed by atoms with Gasteiger partial charge in [-0.1, -0.05) is 24.8 Å².